The Labute approximate surface area is 91.6 Å². The van der Waals surface area contributed by atoms with Gasteiger partial charge in [0.15, 0.2) is 0 Å². The molecule has 0 saturated carbocycles. The van der Waals surface area contributed by atoms with Crippen molar-refractivity contribution in [1.29, 1.82) is 0 Å². The van der Waals surface area contributed by atoms with Crippen molar-refractivity contribution in [3.63, 3.8) is 0 Å². The van der Waals surface area contributed by atoms with Gasteiger partial charge < -0.3 is 15.2 Å². The number of hydrogen-bond donors (Lipinski definition) is 2. The fourth-order valence-corrected chi connectivity index (χ4v) is 2.71. The summed E-state index contributed by atoms with van der Waals surface area (Å²) < 4.78 is 5.18. The number of β-amino-alcohol motifs (C(OH)–C–C–N with tert-alkyl or cyclic N) is 1. The van der Waals surface area contributed by atoms with Gasteiger partial charge in [0.05, 0.1) is 6.10 Å². The van der Waals surface area contributed by atoms with E-state index in [1.54, 1.807) is 7.11 Å². The molecule has 0 amide bonds. The number of nitrogens with one attached hydrogen (secondary N) is 1. The van der Waals surface area contributed by atoms with Gasteiger partial charge in [-0.05, 0) is 31.8 Å². The largest absolute Gasteiger partial charge is 0.390 e. The van der Waals surface area contributed by atoms with Crippen LogP contribution < -0.4 is 5.32 Å². The summed E-state index contributed by atoms with van der Waals surface area (Å²) in [4.78, 5) is 2.43. The number of aliphatic hydroxyl groups excluding tert-OH is 1. The highest BCUT2D eigenvalue weighted by Crippen LogP contribution is 2.21. The van der Waals surface area contributed by atoms with Crippen molar-refractivity contribution in [3.8, 4) is 0 Å². The van der Waals surface area contributed by atoms with E-state index < -0.39 is 0 Å². The number of likely N-dealkylation sites (tertiary alicyclic amines) is 1. The second kappa shape index (κ2) is 5.25. The molecule has 88 valence electrons. The van der Waals surface area contributed by atoms with Crippen LogP contribution >= 0.6 is 0 Å². The predicted molar refractivity (Wildman–Crippen MR) is 58.8 cm³/mol. The molecule has 2 aliphatic rings. The molecule has 0 aliphatic carbocycles. The highest BCUT2D eigenvalue weighted by molar-refractivity contribution is 4.90. The van der Waals surface area contributed by atoms with E-state index in [1.165, 1.54) is 12.8 Å². The average molecular weight is 214 g/mol. The summed E-state index contributed by atoms with van der Waals surface area (Å²) in [6, 6.07) is 0.341. The van der Waals surface area contributed by atoms with Crippen molar-refractivity contribution < 1.29 is 9.84 Å². The van der Waals surface area contributed by atoms with Crippen molar-refractivity contribution in [3.05, 3.63) is 0 Å². The third-order valence-corrected chi connectivity index (χ3v) is 3.67. The Bertz CT molecular complexity index is 193. The molecular formula is C11H22N2O2. The summed E-state index contributed by atoms with van der Waals surface area (Å²) in [5, 5.41) is 13.0. The van der Waals surface area contributed by atoms with Crippen LogP contribution in [-0.4, -0.2) is 62.0 Å². The average Bonchev–Trinajstić information content (AvgIpc) is 2.66. The Balaban J connectivity index is 1.77. The maximum absolute atomic E-state index is 9.78. The van der Waals surface area contributed by atoms with Gasteiger partial charge in [0.2, 0.25) is 0 Å². The van der Waals surface area contributed by atoms with Crippen molar-refractivity contribution in [2.75, 3.05) is 39.9 Å². The molecule has 0 radical (unpaired) electrons. The Kier molecular flexibility index (Phi) is 3.97. The molecule has 2 rings (SSSR count). The SMILES string of the molecule is COCC1CCN(C2CNCC2O)CC1. The zero-order valence-corrected chi connectivity index (χ0v) is 9.48. The fourth-order valence-electron chi connectivity index (χ4n) is 2.71. The first-order chi connectivity index (χ1) is 7.31. The Morgan fingerprint density at radius 1 is 1.33 bits per heavy atom. The number of methoxy groups -OCH3 is 1. The van der Waals surface area contributed by atoms with Crippen LogP contribution in [0.1, 0.15) is 12.8 Å². The van der Waals surface area contributed by atoms with E-state index in [1.807, 2.05) is 0 Å². The minimum atomic E-state index is -0.177. The van der Waals surface area contributed by atoms with E-state index in [2.05, 4.69) is 10.2 Å². The Morgan fingerprint density at radius 2 is 2.07 bits per heavy atom. The molecule has 15 heavy (non-hydrogen) atoms. The number of aliphatic hydroxyl groups is 1. The van der Waals surface area contributed by atoms with Crippen molar-refractivity contribution in [2.24, 2.45) is 5.92 Å². The molecule has 0 aromatic heterocycles. The molecule has 2 saturated heterocycles. The molecule has 2 heterocycles. The second-order valence-corrected chi connectivity index (χ2v) is 4.73. The van der Waals surface area contributed by atoms with E-state index in [0.29, 0.717) is 6.04 Å². The summed E-state index contributed by atoms with van der Waals surface area (Å²) in [5.41, 5.74) is 0. The summed E-state index contributed by atoms with van der Waals surface area (Å²) >= 11 is 0. The lowest BCUT2D eigenvalue weighted by Gasteiger charge is -2.36. The van der Waals surface area contributed by atoms with Crippen LogP contribution in [0, 0.1) is 5.92 Å². The van der Waals surface area contributed by atoms with Crippen LogP contribution in [0.15, 0.2) is 0 Å². The quantitative estimate of drug-likeness (QED) is 0.676. The molecule has 2 aliphatic heterocycles. The van der Waals surface area contributed by atoms with Gasteiger partial charge in [0.1, 0.15) is 0 Å². The van der Waals surface area contributed by atoms with E-state index in [9.17, 15) is 5.11 Å². The maximum atomic E-state index is 9.78. The van der Waals surface area contributed by atoms with Crippen molar-refractivity contribution in [2.45, 2.75) is 25.0 Å². The lowest BCUT2D eigenvalue weighted by atomic mass is 9.96. The minimum Gasteiger partial charge on any atom is -0.390 e. The van der Waals surface area contributed by atoms with Crippen LogP contribution in [0.5, 0.6) is 0 Å². The molecule has 0 aromatic carbocycles. The van der Waals surface area contributed by atoms with E-state index in [0.717, 1.165) is 38.7 Å². The molecule has 0 aromatic rings. The van der Waals surface area contributed by atoms with E-state index >= 15 is 0 Å². The van der Waals surface area contributed by atoms with Crippen LogP contribution in [0.3, 0.4) is 0 Å². The maximum Gasteiger partial charge on any atom is 0.0831 e. The molecule has 0 spiro atoms. The van der Waals surface area contributed by atoms with Crippen LogP contribution in [0.4, 0.5) is 0 Å². The molecule has 2 fully saturated rings. The zero-order chi connectivity index (χ0) is 10.7. The van der Waals surface area contributed by atoms with Crippen molar-refractivity contribution in [1.82, 2.24) is 10.2 Å². The molecule has 4 heteroatoms. The number of nitrogens with zero attached hydrogens (tertiary/aromatic N) is 1. The summed E-state index contributed by atoms with van der Waals surface area (Å²) in [5.74, 6) is 0.720. The number of piperidine rings is 1. The predicted octanol–water partition coefficient (Wildman–Crippen LogP) is -0.322. The zero-order valence-electron chi connectivity index (χ0n) is 9.48. The third-order valence-electron chi connectivity index (χ3n) is 3.67. The van der Waals surface area contributed by atoms with Gasteiger partial charge in [0, 0.05) is 32.8 Å². The smallest absolute Gasteiger partial charge is 0.0831 e. The van der Waals surface area contributed by atoms with Crippen LogP contribution in [0.25, 0.3) is 0 Å². The number of rotatable bonds is 3. The summed E-state index contributed by atoms with van der Waals surface area (Å²) in [6.45, 7) is 4.80. The molecule has 2 N–H and O–H groups in total. The highest BCUT2D eigenvalue weighted by Gasteiger charge is 2.32. The first-order valence-electron chi connectivity index (χ1n) is 5.93. The number of ether oxygens (including phenoxy) is 1. The normalized spacial score (nSPS) is 34.8. The summed E-state index contributed by atoms with van der Waals surface area (Å²) in [7, 11) is 1.77. The van der Waals surface area contributed by atoms with Gasteiger partial charge in [-0.2, -0.15) is 0 Å². The topological polar surface area (TPSA) is 44.7 Å². The highest BCUT2D eigenvalue weighted by atomic mass is 16.5. The van der Waals surface area contributed by atoms with E-state index in [4.69, 9.17) is 4.74 Å². The number of hydrogen-bond acceptors (Lipinski definition) is 4. The standard InChI is InChI=1S/C11H22N2O2/c1-15-8-9-2-4-13(5-3-9)10-6-12-7-11(10)14/h9-12,14H,2-8H2,1H3. The first-order valence-corrected chi connectivity index (χ1v) is 5.93. The van der Waals surface area contributed by atoms with Crippen LogP contribution in [0.2, 0.25) is 0 Å². The molecule has 2 atom stereocenters. The van der Waals surface area contributed by atoms with E-state index in [-0.39, 0.29) is 6.10 Å². The Hall–Kier alpha value is -0.160. The van der Waals surface area contributed by atoms with Gasteiger partial charge in [-0.25, -0.2) is 0 Å². The Morgan fingerprint density at radius 3 is 2.60 bits per heavy atom. The van der Waals surface area contributed by atoms with Gasteiger partial charge in [-0.15, -0.1) is 0 Å². The van der Waals surface area contributed by atoms with Crippen LogP contribution in [-0.2, 0) is 4.74 Å². The molecular weight excluding hydrogens is 192 g/mol. The monoisotopic (exact) mass is 214 g/mol. The first kappa shape index (κ1) is 11.3. The van der Waals surface area contributed by atoms with Crippen molar-refractivity contribution >= 4 is 0 Å². The lowest BCUT2D eigenvalue weighted by Crippen LogP contribution is -2.47. The van der Waals surface area contributed by atoms with Gasteiger partial charge in [0.25, 0.3) is 0 Å². The summed E-state index contributed by atoms with van der Waals surface area (Å²) in [6.07, 6.45) is 2.23. The van der Waals surface area contributed by atoms with Gasteiger partial charge in [-0.3, -0.25) is 4.90 Å². The van der Waals surface area contributed by atoms with Gasteiger partial charge in [-0.1, -0.05) is 0 Å². The fraction of sp³-hybridized carbons (Fsp3) is 1.00. The molecule has 2 unspecified atom stereocenters. The molecule has 4 nitrogen and oxygen atoms in total. The lowest BCUT2D eigenvalue weighted by molar-refractivity contribution is 0.0417. The van der Waals surface area contributed by atoms with Gasteiger partial charge >= 0.3 is 0 Å². The molecule has 0 bridgehead atoms. The second-order valence-electron chi connectivity index (χ2n) is 4.73. The minimum absolute atomic E-state index is 0.177. The third kappa shape index (κ3) is 2.69.